The maximum absolute atomic E-state index is 13.3. The number of hydrogen-bond acceptors (Lipinski definition) is 6. The molecule has 0 aliphatic carbocycles. The van der Waals surface area contributed by atoms with Crippen LogP contribution in [0.15, 0.2) is 40.1 Å². The molecule has 0 spiro atoms. The van der Waals surface area contributed by atoms with Crippen molar-refractivity contribution in [3.63, 3.8) is 0 Å². The van der Waals surface area contributed by atoms with Crippen molar-refractivity contribution in [2.45, 2.75) is 60.5 Å². The van der Waals surface area contributed by atoms with E-state index in [1.165, 1.54) is 17.0 Å². The summed E-state index contributed by atoms with van der Waals surface area (Å²) in [6, 6.07) is 7.62. The van der Waals surface area contributed by atoms with Crippen molar-refractivity contribution < 1.29 is 18.3 Å². The molecule has 0 saturated carbocycles. The Hall–Kier alpha value is -2.39. The maximum atomic E-state index is 13.3. The number of hydrogen-bond donors (Lipinski definition) is 2. The Labute approximate surface area is 173 Å². The van der Waals surface area contributed by atoms with Crippen LogP contribution in [0.25, 0.3) is 0 Å². The summed E-state index contributed by atoms with van der Waals surface area (Å²) in [7, 11) is -3.90. The molecule has 154 valence electrons. The molecule has 3 unspecified atom stereocenters. The fourth-order valence-electron chi connectivity index (χ4n) is 4.42. The van der Waals surface area contributed by atoms with Crippen LogP contribution in [0.2, 0.25) is 5.15 Å². The zero-order chi connectivity index (χ0) is 20.8. The molecule has 2 aromatic rings. The van der Waals surface area contributed by atoms with E-state index in [2.05, 4.69) is 15.5 Å². The first-order valence-electron chi connectivity index (χ1n) is 9.41. The second-order valence-corrected chi connectivity index (χ2v) is 9.67. The van der Waals surface area contributed by atoms with Gasteiger partial charge in [-0.15, -0.1) is 10.2 Å². The molecule has 1 aromatic heterocycles. The molecule has 8 nitrogen and oxygen atoms in total. The van der Waals surface area contributed by atoms with Crippen LogP contribution >= 0.6 is 11.6 Å². The fraction of sp³-hybridized carbons (Fsp3) is 0.421. The van der Waals surface area contributed by atoms with Crippen molar-refractivity contribution in [2.75, 3.05) is 5.32 Å². The van der Waals surface area contributed by atoms with Gasteiger partial charge in [-0.1, -0.05) is 29.8 Å². The first kappa shape index (κ1) is 19.9. The van der Waals surface area contributed by atoms with E-state index < -0.39 is 15.9 Å². The molecule has 3 atom stereocenters. The predicted molar refractivity (Wildman–Crippen MR) is 107 cm³/mol. The van der Waals surface area contributed by atoms with Crippen LogP contribution < -0.4 is 5.32 Å². The summed E-state index contributed by atoms with van der Waals surface area (Å²) in [6.07, 6.45) is 2.05. The number of nitrogens with one attached hydrogen (secondary N) is 1. The van der Waals surface area contributed by atoms with Gasteiger partial charge in [0.15, 0.2) is 11.0 Å². The lowest BCUT2D eigenvalue weighted by molar-refractivity contribution is 0.0976. The Kier molecular flexibility index (Phi) is 5.12. The Morgan fingerprint density at radius 3 is 2.55 bits per heavy atom. The lowest BCUT2D eigenvalue weighted by Crippen LogP contribution is -2.52. The molecule has 1 amide bonds. The van der Waals surface area contributed by atoms with Crippen LogP contribution in [0.1, 0.15) is 31.2 Å². The topological polar surface area (TPSA) is 112 Å². The first-order valence-corrected chi connectivity index (χ1v) is 11.3. The average Bonchev–Trinajstić information content (AvgIpc) is 3.03. The van der Waals surface area contributed by atoms with E-state index in [-0.39, 0.29) is 38.9 Å². The molecule has 2 saturated heterocycles. The minimum Gasteiger partial charge on any atom is -0.465 e. The van der Waals surface area contributed by atoms with Crippen molar-refractivity contribution in [1.29, 1.82) is 0 Å². The summed E-state index contributed by atoms with van der Waals surface area (Å²) in [5.41, 5.74) is 0.309. The molecule has 1 aromatic carbocycles. The minimum atomic E-state index is -3.90. The zero-order valence-electron chi connectivity index (χ0n) is 15.7. The van der Waals surface area contributed by atoms with E-state index >= 15 is 0 Å². The third-order valence-electron chi connectivity index (χ3n) is 5.79. The Balaban J connectivity index is 1.74. The highest BCUT2D eigenvalue weighted by molar-refractivity contribution is 7.91. The number of amides is 1. The van der Waals surface area contributed by atoms with Gasteiger partial charge in [0.05, 0.1) is 10.9 Å². The molecule has 2 fully saturated rings. The highest BCUT2D eigenvalue weighted by atomic mass is 35.5. The highest BCUT2D eigenvalue weighted by Crippen LogP contribution is 2.39. The number of anilines is 1. The number of rotatable bonds is 4. The van der Waals surface area contributed by atoms with Gasteiger partial charge in [-0.25, -0.2) is 13.2 Å². The molecular formula is C19H21ClN4O4S. The number of sulfone groups is 1. The smallest absolute Gasteiger partial charge is 0.407 e. The van der Waals surface area contributed by atoms with Gasteiger partial charge in [0.25, 0.3) is 0 Å². The highest BCUT2D eigenvalue weighted by Gasteiger charge is 2.45. The van der Waals surface area contributed by atoms with Gasteiger partial charge in [0.2, 0.25) is 9.84 Å². The quantitative estimate of drug-likeness (QED) is 0.755. The summed E-state index contributed by atoms with van der Waals surface area (Å²) in [4.78, 5) is 13.3. The maximum Gasteiger partial charge on any atom is 0.407 e. The van der Waals surface area contributed by atoms with Gasteiger partial charge in [-0.05, 0) is 44.7 Å². The average molecular weight is 437 g/mol. The Bertz CT molecular complexity index is 1050. The summed E-state index contributed by atoms with van der Waals surface area (Å²) in [5.74, 6) is 0.108. The standard InChI is InChI=1S/C19H21ClN4O4S/c1-11-16(29(27,28)13-5-3-2-4-6-13)18(23-22-17(11)20)21-14-9-7-12-8-10-15(14)24(12)19(25)26/h2-6,12,14-15H,7-10H2,1H3,(H,21,23)(H,25,26). The number of piperidine rings is 1. The number of benzene rings is 1. The molecule has 29 heavy (non-hydrogen) atoms. The normalized spacial score (nSPS) is 23.8. The first-order chi connectivity index (χ1) is 13.8. The molecule has 2 bridgehead atoms. The van der Waals surface area contributed by atoms with Gasteiger partial charge in [-0.2, -0.15) is 0 Å². The van der Waals surface area contributed by atoms with Crippen molar-refractivity contribution in [3.05, 3.63) is 41.0 Å². The van der Waals surface area contributed by atoms with E-state index in [4.69, 9.17) is 11.6 Å². The molecule has 10 heteroatoms. The second-order valence-electron chi connectivity index (χ2n) is 7.43. The molecule has 2 aliphatic rings. The Morgan fingerprint density at radius 2 is 1.86 bits per heavy atom. The number of carbonyl (C=O) groups is 1. The van der Waals surface area contributed by atoms with Crippen LogP contribution in [-0.4, -0.2) is 52.8 Å². The number of carboxylic acid groups (broad SMARTS) is 1. The van der Waals surface area contributed by atoms with Gasteiger partial charge in [0.1, 0.15) is 4.90 Å². The van der Waals surface area contributed by atoms with Crippen molar-refractivity contribution >= 4 is 33.3 Å². The third-order valence-corrected chi connectivity index (χ3v) is 8.08. The number of fused-ring (bicyclic) bond motifs is 2. The van der Waals surface area contributed by atoms with Gasteiger partial charge >= 0.3 is 6.09 Å². The van der Waals surface area contributed by atoms with Gasteiger partial charge in [0, 0.05) is 17.6 Å². The third kappa shape index (κ3) is 3.42. The zero-order valence-corrected chi connectivity index (χ0v) is 17.3. The molecule has 3 heterocycles. The van der Waals surface area contributed by atoms with Crippen LogP contribution in [0.4, 0.5) is 10.6 Å². The second kappa shape index (κ2) is 7.46. The molecule has 2 N–H and O–H groups in total. The van der Waals surface area contributed by atoms with E-state index in [9.17, 15) is 18.3 Å². The monoisotopic (exact) mass is 436 g/mol. The van der Waals surface area contributed by atoms with Gasteiger partial charge < -0.3 is 15.3 Å². The minimum absolute atomic E-state index is 0.0155. The lowest BCUT2D eigenvalue weighted by Gasteiger charge is -2.38. The van der Waals surface area contributed by atoms with Crippen LogP contribution in [0.3, 0.4) is 0 Å². The Morgan fingerprint density at radius 1 is 1.17 bits per heavy atom. The van der Waals surface area contributed by atoms with Crippen molar-refractivity contribution in [3.8, 4) is 0 Å². The number of nitrogens with zero attached hydrogens (tertiary/aromatic N) is 3. The van der Waals surface area contributed by atoms with Crippen LogP contribution in [0, 0.1) is 6.92 Å². The summed E-state index contributed by atoms with van der Waals surface area (Å²) < 4.78 is 26.7. The van der Waals surface area contributed by atoms with E-state index in [1.807, 2.05) is 0 Å². The molecular weight excluding hydrogens is 416 g/mol. The number of aromatic nitrogens is 2. The largest absolute Gasteiger partial charge is 0.465 e. The molecule has 2 aliphatic heterocycles. The predicted octanol–water partition coefficient (Wildman–Crippen LogP) is 3.36. The lowest BCUT2D eigenvalue weighted by atomic mass is 9.97. The van der Waals surface area contributed by atoms with E-state index in [0.29, 0.717) is 5.56 Å². The molecule has 4 rings (SSSR count). The van der Waals surface area contributed by atoms with Crippen LogP contribution in [0.5, 0.6) is 0 Å². The van der Waals surface area contributed by atoms with Crippen molar-refractivity contribution in [1.82, 2.24) is 15.1 Å². The van der Waals surface area contributed by atoms with Crippen molar-refractivity contribution in [2.24, 2.45) is 0 Å². The van der Waals surface area contributed by atoms with E-state index in [1.54, 1.807) is 25.1 Å². The number of halogens is 1. The molecule has 0 radical (unpaired) electrons. The fourth-order valence-corrected chi connectivity index (χ4v) is 6.22. The summed E-state index contributed by atoms with van der Waals surface area (Å²) >= 11 is 6.10. The summed E-state index contributed by atoms with van der Waals surface area (Å²) in [5, 5.41) is 20.7. The summed E-state index contributed by atoms with van der Waals surface area (Å²) in [6.45, 7) is 1.59. The van der Waals surface area contributed by atoms with Gasteiger partial charge in [-0.3, -0.25) is 0 Å². The van der Waals surface area contributed by atoms with Crippen LogP contribution in [-0.2, 0) is 9.84 Å². The SMILES string of the molecule is Cc1c(Cl)nnc(NC2CCC3CCC2N3C(=O)O)c1S(=O)(=O)c1ccccc1. The van der Waals surface area contributed by atoms with E-state index in [0.717, 1.165) is 25.7 Å².